The number of hydrogen-bond acceptors (Lipinski definition) is 3. The number of benzene rings is 2. The maximum atomic E-state index is 11.4. The number of aromatic carboxylic acids is 1. The van der Waals surface area contributed by atoms with Gasteiger partial charge >= 0.3 is 5.97 Å². The molecular formula is C27H32N2O3. The van der Waals surface area contributed by atoms with E-state index in [1.807, 2.05) is 18.3 Å². The van der Waals surface area contributed by atoms with Crippen LogP contribution in [0.25, 0.3) is 10.9 Å². The number of aromatic nitrogens is 1. The Kier molecular flexibility index (Phi) is 5.34. The van der Waals surface area contributed by atoms with Crippen molar-refractivity contribution in [3.63, 3.8) is 0 Å². The highest BCUT2D eigenvalue weighted by Crippen LogP contribution is 2.52. The molecule has 2 aliphatic rings. The zero-order valence-corrected chi connectivity index (χ0v) is 19.1. The van der Waals surface area contributed by atoms with Gasteiger partial charge in [0, 0.05) is 41.8 Å². The normalized spacial score (nSPS) is 25.5. The van der Waals surface area contributed by atoms with E-state index in [1.54, 1.807) is 12.1 Å². The summed E-state index contributed by atoms with van der Waals surface area (Å²) in [6.07, 6.45) is 6.51. The Hall–Kier alpha value is -2.63. The summed E-state index contributed by atoms with van der Waals surface area (Å²) in [5.74, 6) is -0.879. The number of hydrogen-bond donors (Lipinski definition) is 2. The van der Waals surface area contributed by atoms with Gasteiger partial charge < -0.3 is 14.8 Å². The standard InChI is InChI=1S/C27H32N2O3/c1-4-32-22-14-21-9-11-27(15-22,20-7-5-19(6-8-20)26(30)31)29(21)16-24-17(2)13-18(3)25-23(24)10-12-28-25/h5-8,10,12-13,21-22,28H,4,9,11,14-16H2,1-3H3,(H,30,31)/t21-,22+,27+/m1/s1. The predicted molar refractivity (Wildman–Crippen MR) is 126 cm³/mol. The van der Waals surface area contributed by atoms with Gasteiger partial charge in [-0.2, -0.15) is 0 Å². The van der Waals surface area contributed by atoms with E-state index in [4.69, 9.17) is 4.74 Å². The van der Waals surface area contributed by atoms with Gasteiger partial charge in [-0.1, -0.05) is 18.2 Å². The van der Waals surface area contributed by atoms with Crippen LogP contribution in [0.5, 0.6) is 0 Å². The van der Waals surface area contributed by atoms with Gasteiger partial charge in [0.1, 0.15) is 0 Å². The summed E-state index contributed by atoms with van der Waals surface area (Å²) in [6, 6.07) is 12.5. The number of carboxylic acid groups (broad SMARTS) is 1. The van der Waals surface area contributed by atoms with E-state index in [9.17, 15) is 9.90 Å². The molecule has 2 fully saturated rings. The van der Waals surface area contributed by atoms with Crippen molar-refractivity contribution >= 4 is 16.9 Å². The third-order valence-corrected chi connectivity index (χ3v) is 7.76. The molecule has 0 amide bonds. The molecule has 2 aromatic carbocycles. The fourth-order valence-corrected chi connectivity index (χ4v) is 6.30. The smallest absolute Gasteiger partial charge is 0.335 e. The molecule has 0 unspecified atom stereocenters. The van der Waals surface area contributed by atoms with Crippen LogP contribution in [0.15, 0.2) is 42.6 Å². The SMILES string of the molecule is CCO[C@H]1C[C@H]2CC[C@@](c3ccc(C(=O)O)cc3)(C1)N2Cc1c(C)cc(C)c2[nH]ccc12. The number of aryl methyl sites for hydroxylation is 2. The minimum Gasteiger partial charge on any atom is -0.478 e. The summed E-state index contributed by atoms with van der Waals surface area (Å²) in [7, 11) is 0. The topological polar surface area (TPSA) is 65.6 Å². The Morgan fingerprint density at radius 1 is 1.22 bits per heavy atom. The Bertz CT molecular complexity index is 1150. The van der Waals surface area contributed by atoms with Crippen LogP contribution in [0, 0.1) is 13.8 Å². The fraction of sp³-hybridized carbons (Fsp3) is 0.444. The number of nitrogens with one attached hydrogen (secondary N) is 1. The Labute approximate surface area is 189 Å². The van der Waals surface area contributed by atoms with Gasteiger partial charge in [0.2, 0.25) is 0 Å². The minimum absolute atomic E-state index is 0.125. The number of aromatic amines is 1. The second-order valence-electron chi connectivity index (χ2n) is 9.51. The van der Waals surface area contributed by atoms with E-state index in [0.29, 0.717) is 11.6 Å². The van der Waals surface area contributed by atoms with Crippen LogP contribution < -0.4 is 0 Å². The average Bonchev–Trinajstić information content (AvgIpc) is 3.33. The van der Waals surface area contributed by atoms with Crippen molar-refractivity contribution in [2.75, 3.05) is 6.61 Å². The second-order valence-corrected chi connectivity index (χ2v) is 9.51. The molecule has 0 spiro atoms. The summed E-state index contributed by atoms with van der Waals surface area (Å²) in [5.41, 5.74) is 6.65. The molecule has 1 aromatic heterocycles. The van der Waals surface area contributed by atoms with Crippen molar-refractivity contribution < 1.29 is 14.6 Å². The van der Waals surface area contributed by atoms with E-state index < -0.39 is 5.97 Å². The predicted octanol–water partition coefficient (Wildman–Crippen LogP) is 5.54. The number of H-pyrrole nitrogens is 1. The molecule has 3 aromatic rings. The lowest BCUT2D eigenvalue weighted by atomic mass is 9.79. The highest BCUT2D eigenvalue weighted by Gasteiger charge is 2.52. The molecule has 3 heterocycles. The van der Waals surface area contributed by atoms with Crippen LogP contribution in [0.4, 0.5) is 0 Å². The van der Waals surface area contributed by atoms with Crippen LogP contribution in [-0.4, -0.2) is 39.7 Å². The second kappa shape index (κ2) is 8.05. The number of nitrogens with zero attached hydrogens (tertiary/aromatic N) is 1. The molecule has 5 nitrogen and oxygen atoms in total. The molecule has 5 heteroatoms. The number of piperidine rings is 1. The van der Waals surface area contributed by atoms with Crippen molar-refractivity contribution in [2.24, 2.45) is 0 Å². The van der Waals surface area contributed by atoms with Crippen LogP contribution in [0.1, 0.15) is 65.2 Å². The fourth-order valence-electron chi connectivity index (χ4n) is 6.30. The quantitative estimate of drug-likeness (QED) is 0.537. The van der Waals surface area contributed by atoms with E-state index in [2.05, 4.69) is 42.8 Å². The molecule has 2 aliphatic heterocycles. The van der Waals surface area contributed by atoms with Crippen LogP contribution in [0.2, 0.25) is 0 Å². The lowest BCUT2D eigenvalue weighted by molar-refractivity contribution is -0.0591. The van der Waals surface area contributed by atoms with Crippen LogP contribution >= 0.6 is 0 Å². The van der Waals surface area contributed by atoms with E-state index in [0.717, 1.165) is 38.8 Å². The number of carboxylic acids is 1. The van der Waals surface area contributed by atoms with Crippen molar-refractivity contribution in [2.45, 2.75) is 70.7 Å². The zero-order valence-electron chi connectivity index (χ0n) is 19.1. The summed E-state index contributed by atoms with van der Waals surface area (Å²) in [6.45, 7) is 8.08. The maximum Gasteiger partial charge on any atom is 0.335 e. The molecule has 5 rings (SSSR count). The van der Waals surface area contributed by atoms with Gasteiger partial charge in [0.05, 0.1) is 11.7 Å². The number of carbonyl (C=O) groups is 1. The first-order chi connectivity index (χ1) is 15.4. The third kappa shape index (κ3) is 3.35. The van der Waals surface area contributed by atoms with Gasteiger partial charge in [0.25, 0.3) is 0 Å². The molecule has 0 aliphatic carbocycles. The molecule has 0 radical (unpaired) electrons. The Balaban J connectivity index is 1.58. The van der Waals surface area contributed by atoms with Gasteiger partial charge in [0.15, 0.2) is 0 Å². The first kappa shape index (κ1) is 21.2. The largest absolute Gasteiger partial charge is 0.478 e. The van der Waals surface area contributed by atoms with Crippen molar-refractivity contribution in [1.29, 1.82) is 0 Å². The van der Waals surface area contributed by atoms with Crippen LogP contribution in [0.3, 0.4) is 0 Å². The van der Waals surface area contributed by atoms with Crippen molar-refractivity contribution in [1.82, 2.24) is 9.88 Å². The first-order valence-electron chi connectivity index (χ1n) is 11.7. The highest BCUT2D eigenvalue weighted by molar-refractivity contribution is 5.88. The van der Waals surface area contributed by atoms with Gasteiger partial charge in [-0.25, -0.2) is 4.79 Å². The summed E-state index contributed by atoms with van der Waals surface area (Å²) in [5, 5.41) is 10.7. The minimum atomic E-state index is -0.879. The molecule has 2 N–H and O–H groups in total. The number of fused-ring (bicyclic) bond motifs is 3. The average molecular weight is 433 g/mol. The lowest BCUT2D eigenvalue weighted by Crippen LogP contribution is -2.52. The van der Waals surface area contributed by atoms with E-state index >= 15 is 0 Å². The lowest BCUT2D eigenvalue weighted by Gasteiger charge is -2.48. The molecule has 2 bridgehead atoms. The van der Waals surface area contributed by atoms with Crippen molar-refractivity contribution in [3.8, 4) is 0 Å². The van der Waals surface area contributed by atoms with E-state index in [1.165, 1.54) is 33.2 Å². The maximum absolute atomic E-state index is 11.4. The van der Waals surface area contributed by atoms with Gasteiger partial charge in [-0.3, -0.25) is 4.90 Å². The van der Waals surface area contributed by atoms with Crippen molar-refractivity contribution in [3.05, 3.63) is 70.4 Å². The number of ether oxygens (including phenoxy) is 1. The van der Waals surface area contributed by atoms with Gasteiger partial charge in [-0.05, 0) is 86.9 Å². The molecule has 32 heavy (non-hydrogen) atoms. The van der Waals surface area contributed by atoms with Crippen LogP contribution in [-0.2, 0) is 16.8 Å². The Morgan fingerprint density at radius 2 is 2.00 bits per heavy atom. The molecule has 2 saturated heterocycles. The molecule has 3 atom stereocenters. The zero-order chi connectivity index (χ0) is 22.5. The third-order valence-electron chi connectivity index (χ3n) is 7.76. The highest BCUT2D eigenvalue weighted by atomic mass is 16.5. The summed E-state index contributed by atoms with van der Waals surface area (Å²) in [4.78, 5) is 17.5. The molecule has 0 saturated carbocycles. The molecular weight excluding hydrogens is 400 g/mol. The summed E-state index contributed by atoms with van der Waals surface area (Å²) >= 11 is 0. The first-order valence-corrected chi connectivity index (χ1v) is 11.7. The summed E-state index contributed by atoms with van der Waals surface area (Å²) < 4.78 is 6.14. The van der Waals surface area contributed by atoms with Gasteiger partial charge in [-0.15, -0.1) is 0 Å². The Morgan fingerprint density at radius 3 is 2.72 bits per heavy atom. The molecule has 168 valence electrons. The van der Waals surface area contributed by atoms with E-state index in [-0.39, 0.29) is 11.6 Å². The number of rotatable bonds is 6. The monoisotopic (exact) mass is 432 g/mol.